The third-order valence-corrected chi connectivity index (χ3v) is 3.82. The minimum Gasteiger partial charge on any atom is -0.342 e. The lowest BCUT2D eigenvalue weighted by atomic mass is 10.3. The van der Waals surface area contributed by atoms with Crippen LogP contribution in [0, 0.1) is 0 Å². The summed E-state index contributed by atoms with van der Waals surface area (Å²) < 4.78 is 0. The highest BCUT2D eigenvalue weighted by Gasteiger charge is 2.19. The molecule has 1 saturated heterocycles. The van der Waals surface area contributed by atoms with Crippen LogP contribution in [0.25, 0.3) is 5.69 Å². The van der Waals surface area contributed by atoms with Crippen molar-refractivity contribution in [3.8, 4) is 5.69 Å². The molecule has 0 spiro atoms. The van der Waals surface area contributed by atoms with Gasteiger partial charge in [-0.15, -0.1) is 0 Å². The number of likely N-dealkylation sites (tertiary alicyclic amines) is 1. The first-order valence-electron chi connectivity index (χ1n) is 7.65. The topological polar surface area (TPSA) is 54.3 Å². The second kappa shape index (κ2) is 6.70. The van der Waals surface area contributed by atoms with E-state index in [1.165, 1.54) is 0 Å². The van der Waals surface area contributed by atoms with Crippen LogP contribution in [-0.2, 0) is 11.3 Å². The standard InChI is InChI=1S/C16H21N5O/c1-19(13-16(22)20-9-5-6-10-20)12-14-11-17-21(18-14)15-7-3-2-4-8-15/h2-4,7-8,11H,5-6,9-10,12-13H2,1H3. The van der Waals surface area contributed by atoms with Crippen molar-refractivity contribution in [2.75, 3.05) is 26.7 Å². The minimum atomic E-state index is 0.204. The molecule has 0 bridgehead atoms. The molecule has 1 fully saturated rings. The molecule has 0 saturated carbocycles. The number of hydrogen-bond donors (Lipinski definition) is 0. The van der Waals surface area contributed by atoms with Crippen LogP contribution in [0.3, 0.4) is 0 Å². The minimum absolute atomic E-state index is 0.204. The van der Waals surface area contributed by atoms with Crippen LogP contribution in [0.4, 0.5) is 0 Å². The molecule has 6 heteroatoms. The summed E-state index contributed by atoms with van der Waals surface area (Å²) in [5, 5.41) is 8.74. The van der Waals surface area contributed by atoms with E-state index in [0.717, 1.165) is 37.3 Å². The van der Waals surface area contributed by atoms with E-state index in [1.807, 2.05) is 47.2 Å². The van der Waals surface area contributed by atoms with Gasteiger partial charge in [0.1, 0.15) is 0 Å². The van der Waals surface area contributed by atoms with Crippen LogP contribution < -0.4 is 0 Å². The van der Waals surface area contributed by atoms with E-state index < -0.39 is 0 Å². The fourth-order valence-electron chi connectivity index (χ4n) is 2.68. The molecule has 0 unspecified atom stereocenters. The highest BCUT2D eigenvalue weighted by atomic mass is 16.2. The Kier molecular flexibility index (Phi) is 4.48. The number of benzene rings is 1. The Morgan fingerprint density at radius 3 is 2.68 bits per heavy atom. The monoisotopic (exact) mass is 299 g/mol. The summed E-state index contributed by atoms with van der Waals surface area (Å²) in [6.45, 7) is 2.85. The van der Waals surface area contributed by atoms with E-state index in [2.05, 4.69) is 10.2 Å². The molecule has 0 N–H and O–H groups in total. The maximum atomic E-state index is 12.1. The number of rotatable bonds is 5. The summed E-state index contributed by atoms with van der Waals surface area (Å²) in [6, 6.07) is 9.80. The molecule has 3 rings (SSSR count). The van der Waals surface area contributed by atoms with Crippen molar-refractivity contribution in [3.05, 3.63) is 42.2 Å². The molecule has 0 aliphatic carbocycles. The molecular formula is C16H21N5O. The van der Waals surface area contributed by atoms with Gasteiger partial charge >= 0.3 is 0 Å². The van der Waals surface area contributed by atoms with Crippen molar-refractivity contribution in [1.29, 1.82) is 0 Å². The van der Waals surface area contributed by atoms with Crippen LogP contribution in [0.15, 0.2) is 36.5 Å². The van der Waals surface area contributed by atoms with Gasteiger partial charge in [0.15, 0.2) is 0 Å². The predicted octanol–water partition coefficient (Wildman–Crippen LogP) is 1.32. The van der Waals surface area contributed by atoms with Gasteiger partial charge in [0.2, 0.25) is 5.91 Å². The smallest absolute Gasteiger partial charge is 0.236 e. The molecule has 1 aromatic heterocycles. The quantitative estimate of drug-likeness (QED) is 0.835. The third-order valence-electron chi connectivity index (χ3n) is 3.82. The normalized spacial score (nSPS) is 14.7. The molecule has 22 heavy (non-hydrogen) atoms. The van der Waals surface area contributed by atoms with Crippen molar-refractivity contribution in [2.45, 2.75) is 19.4 Å². The lowest BCUT2D eigenvalue weighted by Crippen LogP contribution is -2.37. The molecule has 1 amide bonds. The first-order chi connectivity index (χ1) is 10.7. The van der Waals surface area contributed by atoms with Crippen LogP contribution in [0.5, 0.6) is 0 Å². The maximum Gasteiger partial charge on any atom is 0.236 e. The van der Waals surface area contributed by atoms with E-state index in [4.69, 9.17) is 0 Å². The highest BCUT2D eigenvalue weighted by molar-refractivity contribution is 5.78. The van der Waals surface area contributed by atoms with Gasteiger partial charge in [0.25, 0.3) is 0 Å². The Morgan fingerprint density at radius 2 is 1.95 bits per heavy atom. The van der Waals surface area contributed by atoms with Crippen molar-refractivity contribution in [1.82, 2.24) is 24.8 Å². The summed E-state index contributed by atoms with van der Waals surface area (Å²) in [4.78, 5) is 17.7. The highest BCUT2D eigenvalue weighted by Crippen LogP contribution is 2.09. The van der Waals surface area contributed by atoms with E-state index in [0.29, 0.717) is 13.1 Å². The zero-order valence-corrected chi connectivity index (χ0v) is 12.9. The number of nitrogens with zero attached hydrogens (tertiary/aromatic N) is 5. The second-order valence-corrected chi connectivity index (χ2v) is 5.72. The molecule has 6 nitrogen and oxygen atoms in total. The lowest BCUT2D eigenvalue weighted by Gasteiger charge is -2.20. The first kappa shape index (κ1) is 14.7. The fourth-order valence-corrected chi connectivity index (χ4v) is 2.68. The molecular weight excluding hydrogens is 278 g/mol. The number of carbonyl (C=O) groups is 1. The lowest BCUT2D eigenvalue weighted by molar-refractivity contribution is -0.131. The van der Waals surface area contributed by atoms with Gasteiger partial charge in [-0.05, 0) is 32.0 Å². The zero-order chi connectivity index (χ0) is 15.4. The van der Waals surface area contributed by atoms with Gasteiger partial charge in [-0.25, -0.2) is 0 Å². The summed E-state index contributed by atoms with van der Waals surface area (Å²) in [5.41, 5.74) is 1.80. The van der Waals surface area contributed by atoms with Crippen molar-refractivity contribution in [3.63, 3.8) is 0 Å². The largest absolute Gasteiger partial charge is 0.342 e. The molecule has 0 atom stereocenters. The number of likely N-dealkylation sites (N-methyl/N-ethyl adjacent to an activating group) is 1. The average molecular weight is 299 g/mol. The summed E-state index contributed by atoms with van der Waals surface area (Å²) >= 11 is 0. The van der Waals surface area contributed by atoms with Crippen LogP contribution in [0.1, 0.15) is 18.5 Å². The number of carbonyl (C=O) groups excluding carboxylic acids is 1. The predicted molar refractivity (Wildman–Crippen MR) is 83.5 cm³/mol. The van der Waals surface area contributed by atoms with E-state index in [9.17, 15) is 4.79 Å². The molecule has 2 aromatic rings. The summed E-state index contributed by atoms with van der Waals surface area (Å²) in [6.07, 6.45) is 4.01. The first-order valence-corrected chi connectivity index (χ1v) is 7.65. The molecule has 116 valence electrons. The molecule has 1 aliphatic heterocycles. The van der Waals surface area contributed by atoms with E-state index in [-0.39, 0.29) is 5.91 Å². The van der Waals surface area contributed by atoms with Gasteiger partial charge in [0, 0.05) is 19.6 Å². The van der Waals surface area contributed by atoms with Crippen molar-refractivity contribution < 1.29 is 4.79 Å². The van der Waals surface area contributed by atoms with Gasteiger partial charge in [-0.1, -0.05) is 18.2 Å². The van der Waals surface area contributed by atoms with Crippen molar-refractivity contribution >= 4 is 5.91 Å². The molecule has 2 heterocycles. The Bertz CT molecular complexity index is 618. The molecule has 1 aromatic carbocycles. The fraction of sp³-hybridized carbons (Fsp3) is 0.438. The van der Waals surface area contributed by atoms with Gasteiger partial charge in [-0.2, -0.15) is 15.0 Å². The average Bonchev–Trinajstić information content (AvgIpc) is 3.19. The van der Waals surface area contributed by atoms with Gasteiger partial charge < -0.3 is 4.90 Å². The van der Waals surface area contributed by atoms with Crippen LogP contribution >= 0.6 is 0 Å². The Labute approximate surface area is 130 Å². The third kappa shape index (κ3) is 3.51. The maximum absolute atomic E-state index is 12.1. The Morgan fingerprint density at radius 1 is 1.23 bits per heavy atom. The Hall–Kier alpha value is -2.21. The number of amides is 1. The second-order valence-electron chi connectivity index (χ2n) is 5.72. The number of aromatic nitrogens is 3. The summed E-state index contributed by atoms with van der Waals surface area (Å²) in [7, 11) is 1.94. The summed E-state index contributed by atoms with van der Waals surface area (Å²) in [5.74, 6) is 0.204. The van der Waals surface area contributed by atoms with Crippen LogP contribution in [0.2, 0.25) is 0 Å². The van der Waals surface area contributed by atoms with Crippen molar-refractivity contribution in [2.24, 2.45) is 0 Å². The van der Waals surface area contributed by atoms with Gasteiger partial charge in [-0.3, -0.25) is 9.69 Å². The van der Waals surface area contributed by atoms with Gasteiger partial charge in [0.05, 0.1) is 24.1 Å². The number of para-hydroxylation sites is 1. The van der Waals surface area contributed by atoms with E-state index >= 15 is 0 Å². The van der Waals surface area contributed by atoms with Crippen LogP contribution in [-0.4, -0.2) is 57.4 Å². The number of hydrogen-bond acceptors (Lipinski definition) is 4. The zero-order valence-electron chi connectivity index (χ0n) is 12.9. The molecule has 0 radical (unpaired) electrons. The van der Waals surface area contributed by atoms with E-state index in [1.54, 1.807) is 11.0 Å². The molecule has 1 aliphatic rings. The Balaban J connectivity index is 1.56. The SMILES string of the molecule is CN(CC(=O)N1CCCC1)Cc1cnn(-c2ccccc2)n1.